The molecule has 0 unspecified atom stereocenters. The summed E-state index contributed by atoms with van der Waals surface area (Å²) in [5, 5.41) is 5.51. The Kier molecular flexibility index (Phi) is 3.80. The minimum atomic E-state index is 0.890. The molecule has 19 heavy (non-hydrogen) atoms. The molecular weight excluding hydrogens is 238 g/mol. The van der Waals surface area contributed by atoms with Crippen LogP contribution in [-0.2, 0) is 18.2 Å². The van der Waals surface area contributed by atoms with Gasteiger partial charge in [-0.3, -0.25) is 9.58 Å². The molecule has 1 aliphatic heterocycles. The maximum absolute atomic E-state index is 5.37. The van der Waals surface area contributed by atoms with Crippen molar-refractivity contribution in [2.24, 2.45) is 7.05 Å². The molecule has 1 aliphatic rings. The zero-order chi connectivity index (χ0) is 13.1. The van der Waals surface area contributed by atoms with Gasteiger partial charge in [-0.25, -0.2) is 0 Å². The molecule has 1 saturated heterocycles. The number of benzene rings is 1. The second kappa shape index (κ2) is 5.72. The number of aromatic nitrogens is 2. The fourth-order valence-corrected chi connectivity index (χ4v) is 2.68. The average molecular weight is 259 g/mol. The van der Waals surface area contributed by atoms with Crippen molar-refractivity contribution in [3.05, 3.63) is 30.0 Å². The minimum Gasteiger partial charge on any atom is -0.379 e. The summed E-state index contributed by atoms with van der Waals surface area (Å²) in [6.07, 6.45) is 4.27. The second-order valence-corrected chi connectivity index (χ2v) is 5.22. The lowest BCUT2D eigenvalue weighted by Gasteiger charge is -2.26. The van der Waals surface area contributed by atoms with Gasteiger partial charge in [0.15, 0.2) is 0 Å². The summed E-state index contributed by atoms with van der Waals surface area (Å²) in [7, 11) is 2.00. The molecular formula is C15H21N3O. The van der Waals surface area contributed by atoms with Gasteiger partial charge in [-0.2, -0.15) is 5.10 Å². The second-order valence-electron chi connectivity index (χ2n) is 5.22. The summed E-state index contributed by atoms with van der Waals surface area (Å²) in [5.41, 5.74) is 2.63. The van der Waals surface area contributed by atoms with Crippen LogP contribution in [0.5, 0.6) is 0 Å². The Labute approximate surface area is 114 Å². The molecule has 0 bridgehead atoms. The smallest absolute Gasteiger partial charge is 0.0681 e. The maximum Gasteiger partial charge on any atom is 0.0681 e. The summed E-state index contributed by atoms with van der Waals surface area (Å²) in [4.78, 5) is 2.49. The van der Waals surface area contributed by atoms with Crippen LogP contribution in [0.1, 0.15) is 12.0 Å². The van der Waals surface area contributed by atoms with E-state index in [1.807, 2.05) is 17.9 Å². The number of rotatable bonds is 4. The average Bonchev–Trinajstić information content (AvgIpc) is 2.82. The molecule has 0 radical (unpaired) electrons. The van der Waals surface area contributed by atoms with Crippen LogP contribution in [-0.4, -0.2) is 47.5 Å². The van der Waals surface area contributed by atoms with Crippen molar-refractivity contribution >= 4 is 10.9 Å². The molecule has 102 valence electrons. The predicted molar refractivity (Wildman–Crippen MR) is 76.3 cm³/mol. The Morgan fingerprint density at radius 2 is 2.11 bits per heavy atom. The van der Waals surface area contributed by atoms with E-state index in [9.17, 15) is 0 Å². The van der Waals surface area contributed by atoms with Crippen molar-refractivity contribution < 1.29 is 4.74 Å². The van der Waals surface area contributed by atoms with Crippen molar-refractivity contribution in [1.82, 2.24) is 14.7 Å². The Bertz CT molecular complexity index is 543. The number of hydrogen-bond acceptors (Lipinski definition) is 3. The number of aryl methyl sites for hydroxylation is 2. The normalized spacial score (nSPS) is 17.1. The van der Waals surface area contributed by atoms with Gasteiger partial charge in [-0.1, -0.05) is 12.1 Å². The standard InChI is InChI=1S/C15H21N3O/c1-17-15-11-13(4-5-14(15)12-16-17)3-2-6-18-7-9-19-10-8-18/h4-5,11-12H,2-3,6-10H2,1H3. The molecule has 0 N–H and O–H groups in total. The van der Waals surface area contributed by atoms with Crippen LogP contribution >= 0.6 is 0 Å². The van der Waals surface area contributed by atoms with Crippen LogP contribution in [0.3, 0.4) is 0 Å². The summed E-state index contributed by atoms with van der Waals surface area (Å²) in [6.45, 7) is 5.12. The van der Waals surface area contributed by atoms with Gasteiger partial charge in [0.2, 0.25) is 0 Å². The Morgan fingerprint density at radius 3 is 2.95 bits per heavy atom. The molecule has 0 aliphatic carbocycles. The van der Waals surface area contributed by atoms with E-state index in [0.717, 1.165) is 32.7 Å². The quantitative estimate of drug-likeness (QED) is 0.839. The Morgan fingerprint density at radius 1 is 1.26 bits per heavy atom. The van der Waals surface area contributed by atoms with Crippen molar-refractivity contribution in [2.45, 2.75) is 12.8 Å². The third-order valence-electron chi connectivity index (χ3n) is 3.86. The summed E-state index contributed by atoms with van der Waals surface area (Å²) in [6, 6.07) is 6.66. The molecule has 1 aromatic heterocycles. The van der Waals surface area contributed by atoms with Crippen LogP contribution in [0.25, 0.3) is 10.9 Å². The van der Waals surface area contributed by atoms with E-state index in [1.54, 1.807) is 0 Å². The molecule has 0 spiro atoms. The summed E-state index contributed by atoms with van der Waals surface area (Å²) in [5.74, 6) is 0. The zero-order valence-corrected chi connectivity index (χ0v) is 11.5. The van der Waals surface area contributed by atoms with Crippen molar-refractivity contribution in [3.8, 4) is 0 Å². The van der Waals surface area contributed by atoms with E-state index >= 15 is 0 Å². The van der Waals surface area contributed by atoms with Crippen LogP contribution in [0.4, 0.5) is 0 Å². The SMILES string of the molecule is Cn1ncc2ccc(CCCN3CCOCC3)cc21. The van der Waals surface area contributed by atoms with Gasteiger partial charge in [-0.05, 0) is 31.0 Å². The summed E-state index contributed by atoms with van der Waals surface area (Å²) < 4.78 is 7.31. The lowest BCUT2D eigenvalue weighted by Crippen LogP contribution is -2.36. The van der Waals surface area contributed by atoms with Crippen LogP contribution in [0.15, 0.2) is 24.4 Å². The van der Waals surface area contributed by atoms with Crippen molar-refractivity contribution in [1.29, 1.82) is 0 Å². The first-order chi connectivity index (χ1) is 9.33. The van der Waals surface area contributed by atoms with Crippen LogP contribution < -0.4 is 0 Å². The monoisotopic (exact) mass is 259 g/mol. The fraction of sp³-hybridized carbons (Fsp3) is 0.533. The van der Waals surface area contributed by atoms with Gasteiger partial charge >= 0.3 is 0 Å². The summed E-state index contributed by atoms with van der Waals surface area (Å²) >= 11 is 0. The van der Waals surface area contributed by atoms with Crippen molar-refractivity contribution in [2.75, 3.05) is 32.8 Å². The Hall–Kier alpha value is -1.39. The third-order valence-corrected chi connectivity index (χ3v) is 3.86. The van der Waals surface area contributed by atoms with E-state index in [4.69, 9.17) is 4.74 Å². The number of fused-ring (bicyclic) bond motifs is 1. The molecule has 0 amide bonds. The zero-order valence-electron chi connectivity index (χ0n) is 11.5. The van der Waals surface area contributed by atoms with Crippen LogP contribution in [0.2, 0.25) is 0 Å². The third kappa shape index (κ3) is 2.96. The predicted octanol–water partition coefficient (Wildman–Crippen LogP) is 1.84. The first-order valence-electron chi connectivity index (χ1n) is 7.04. The highest BCUT2D eigenvalue weighted by Crippen LogP contribution is 2.16. The first-order valence-corrected chi connectivity index (χ1v) is 7.04. The highest BCUT2D eigenvalue weighted by Gasteiger charge is 2.09. The van der Waals surface area contributed by atoms with Gasteiger partial charge in [0, 0.05) is 25.5 Å². The highest BCUT2D eigenvalue weighted by atomic mass is 16.5. The molecule has 3 rings (SSSR count). The molecule has 1 aromatic carbocycles. The number of hydrogen-bond donors (Lipinski definition) is 0. The molecule has 4 nitrogen and oxygen atoms in total. The Balaban J connectivity index is 1.57. The molecule has 0 saturated carbocycles. The van der Waals surface area contributed by atoms with E-state index in [0.29, 0.717) is 0 Å². The van der Waals surface area contributed by atoms with Gasteiger partial charge in [0.25, 0.3) is 0 Å². The molecule has 4 heteroatoms. The molecule has 2 heterocycles. The lowest BCUT2D eigenvalue weighted by molar-refractivity contribution is 0.0375. The van der Waals surface area contributed by atoms with E-state index in [1.165, 1.54) is 29.4 Å². The van der Waals surface area contributed by atoms with Gasteiger partial charge < -0.3 is 4.74 Å². The molecule has 0 atom stereocenters. The first kappa shape index (κ1) is 12.6. The maximum atomic E-state index is 5.37. The largest absolute Gasteiger partial charge is 0.379 e. The lowest BCUT2D eigenvalue weighted by atomic mass is 10.1. The van der Waals surface area contributed by atoms with E-state index in [2.05, 4.69) is 28.2 Å². The van der Waals surface area contributed by atoms with Gasteiger partial charge in [-0.15, -0.1) is 0 Å². The molecule has 1 fully saturated rings. The van der Waals surface area contributed by atoms with E-state index < -0.39 is 0 Å². The number of nitrogens with zero attached hydrogens (tertiary/aromatic N) is 3. The fourth-order valence-electron chi connectivity index (χ4n) is 2.68. The topological polar surface area (TPSA) is 30.3 Å². The van der Waals surface area contributed by atoms with Crippen LogP contribution in [0, 0.1) is 0 Å². The van der Waals surface area contributed by atoms with Crippen molar-refractivity contribution in [3.63, 3.8) is 0 Å². The van der Waals surface area contributed by atoms with E-state index in [-0.39, 0.29) is 0 Å². The highest BCUT2D eigenvalue weighted by molar-refractivity contribution is 5.79. The number of morpholine rings is 1. The number of ether oxygens (including phenoxy) is 1. The molecule has 2 aromatic rings. The van der Waals surface area contributed by atoms with Gasteiger partial charge in [0.1, 0.15) is 0 Å². The van der Waals surface area contributed by atoms with Gasteiger partial charge in [0.05, 0.1) is 24.9 Å². The minimum absolute atomic E-state index is 0.890.